The molecule has 8 nitrogen and oxygen atoms in total. The van der Waals surface area contributed by atoms with Crippen LogP contribution in [0.1, 0.15) is 68.6 Å². The van der Waals surface area contributed by atoms with Gasteiger partial charge in [-0.3, -0.25) is 0 Å². The molecule has 44 heavy (non-hydrogen) atoms. The molecule has 2 heterocycles. The van der Waals surface area contributed by atoms with Crippen LogP contribution in [0.2, 0.25) is 5.02 Å². The molecule has 0 bridgehead atoms. The second kappa shape index (κ2) is 15.4. The third-order valence-corrected chi connectivity index (χ3v) is 13.4. The summed E-state index contributed by atoms with van der Waals surface area (Å²) in [5, 5.41) is 0.668. The summed E-state index contributed by atoms with van der Waals surface area (Å²) in [6.07, 6.45) is 8.50. The molecule has 1 saturated carbocycles. The van der Waals surface area contributed by atoms with Gasteiger partial charge in [0.15, 0.2) is 0 Å². The van der Waals surface area contributed by atoms with Gasteiger partial charge in [0.25, 0.3) is 10.2 Å². The quantitative estimate of drug-likeness (QED) is 0.397. The van der Waals surface area contributed by atoms with Crippen molar-refractivity contribution in [3.8, 4) is 0 Å². The van der Waals surface area contributed by atoms with Gasteiger partial charge in [-0.15, -0.1) is 0 Å². The molecule has 3 aliphatic rings. The van der Waals surface area contributed by atoms with E-state index >= 15 is 0 Å². The predicted octanol–water partition coefficient (Wildman–Crippen LogP) is 5.39. The Kier molecular flexibility index (Phi) is 11.8. The SMILES string of the molecule is C[C@H]1CN(S(=O)(=O)Cc2ccccc2)CCCN(CC2CCCCC2)CCCN(S(=O)(=O)N2CCc3cc(Cl)ccc3C2)C1. The van der Waals surface area contributed by atoms with Crippen molar-refractivity contribution in [1.29, 1.82) is 0 Å². The fraction of sp³-hybridized carbons (Fsp3) is 0.636. The van der Waals surface area contributed by atoms with E-state index in [1.807, 2.05) is 55.5 Å². The molecule has 0 spiro atoms. The maximum absolute atomic E-state index is 14.2. The highest BCUT2D eigenvalue weighted by molar-refractivity contribution is 7.88. The van der Waals surface area contributed by atoms with Crippen molar-refractivity contribution in [1.82, 2.24) is 17.8 Å². The van der Waals surface area contributed by atoms with E-state index in [4.69, 9.17) is 11.6 Å². The molecule has 2 aliphatic heterocycles. The second-order valence-electron chi connectivity index (χ2n) is 13.1. The molecule has 1 atom stereocenters. The van der Waals surface area contributed by atoms with Crippen molar-refractivity contribution in [3.63, 3.8) is 0 Å². The summed E-state index contributed by atoms with van der Waals surface area (Å²) in [6.45, 7) is 6.80. The van der Waals surface area contributed by atoms with Crippen molar-refractivity contribution in [2.24, 2.45) is 11.8 Å². The van der Waals surface area contributed by atoms with Crippen LogP contribution in [0.15, 0.2) is 48.5 Å². The molecule has 0 amide bonds. The van der Waals surface area contributed by atoms with Crippen molar-refractivity contribution >= 4 is 31.8 Å². The minimum Gasteiger partial charge on any atom is -0.303 e. The number of sulfonamides is 1. The zero-order valence-electron chi connectivity index (χ0n) is 26.1. The molecule has 2 aromatic carbocycles. The van der Waals surface area contributed by atoms with Crippen molar-refractivity contribution in [2.75, 3.05) is 52.4 Å². The Bertz CT molecular complexity index is 1430. The first-order valence-corrected chi connectivity index (χ1v) is 19.8. The summed E-state index contributed by atoms with van der Waals surface area (Å²) in [5.41, 5.74) is 2.85. The molecule has 0 N–H and O–H groups in total. The molecule has 2 aromatic rings. The Morgan fingerprint density at radius 1 is 0.750 bits per heavy atom. The number of halogens is 1. The smallest absolute Gasteiger partial charge is 0.282 e. The topological polar surface area (TPSA) is 81.2 Å². The second-order valence-corrected chi connectivity index (χ2v) is 17.4. The molecule has 1 saturated heterocycles. The van der Waals surface area contributed by atoms with E-state index < -0.39 is 20.2 Å². The molecule has 1 aliphatic carbocycles. The van der Waals surface area contributed by atoms with Gasteiger partial charge < -0.3 is 4.90 Å². The van der Waals surface area contributed by atoms with Crippen LogP contribution in [0.25, 0.3) is 0 Å². The van der Waals surface area contributed by atoms with Gasteiger partial charge in [0.05, 0.1) is 5.75 Å². The third-order valence-electron chi connectivity index (χ3n) is 9.42. The minimum absolute atomic E-state index is 0.0500. The van der Waals surface area contributed by atoms with Gasteiger partial charge in [-0.05, 0) is 85.9 Å². The van der Waals surface area contributed by atoms with E-state index in [-0.39, 0.29) is 18.2 Å². The van der Waals surface area contributed by atoms with Crippen LogP contribution >= 0.6 is 11.6 Å². The number of hydrogen-bond acceptors (Lipinski definition) is 5. The fourth-order valence-corrected chi connectivity index (χ4v) is 10.7. The summed E-state index contributed by atoms with van der Waals surface area (Å²) < 4.78 is 60.7. The predicted molar refractivity (Wildman–Crippen MR) is 178 cm³/mol. The maximum atomic E-state index is 14.2. The Balaban J connectivity index is 1.36. The van der Waals surface area contributed by atoms with Gasteiger partial charge in [-0.25, -0.2) is 12.7 Å². The van der Waals surface area contributed by atoms with Crippen molar-refractivity contribution in [2.45, 2.75) is 70.6 Å². The average molecular weight is 665 g/mol. The lowest BCUT2D eigenvalue weighted by Gasteiger charge is -2.36. The van der Waals surface area contributed by atoms with Crippen molar-refractivity contribution < 1.29 is 16.8 Å². The molecule has 5 rings (SSSR count). The number of nitrogens with zero attached hydrogens (tertiary/aromatic N) is 4. The van der Waals surface area contributed by atoms with Gasteiger partial charge in [-0.2, -0.15) is 17.0 Å². The third kappa shape index (κ3) is 9.05. The molecular weight excluding hydrogens is 616 g/mol. The lowest BCUT2D eigenvalue weighted by Crippen LogP contribution is -2.49. The maximum Gasteiger partial charge on any atom is 0.282 e. The lowest BCUT2D eigenvalue weighted by molar-refractivity contribution is 0.179. The van der Waals surface area contributed by atoms with Gasteiger partial charge in [0.1, 0.15) is 0 Å². The highest BCUT2D eigenvalue weighted by atomic mass is 35.5. The Morgan fingerprint density at radius 3 is 2.16 bits per heavy atom. The molecule has 0 unspecified atom stereocenters. The van der Waals surface area contributed by atoms with Gasteiger partial charge in [0.2, 0.25) is 10.0 Å². The first-order chi connectivity index (χ1) is 21.1. The van der Waals surface area contributed by atoms with E-state index in [2.05, 4.69) is 4.90 Å². The number of benzene rings is 2. The first-order valence-electron chi connectivity index (χ1n) is 16.4. The standard InChI is InChI=1S/C33H49ClN4O4S2/c1-28-23-36(43(39,40)27-30-12-6-3-7-13-30)19-8-17-35(25-29-10-4-2-5-11-29)18-9-20-37(24-28)44(41,42)38-21-16-31-22-33(34)15-14-32(31)26-38/h3,6-7,12-15,22,28-29H,2,4-5,8-11,16-21,23-27H2,1H3/t28-/m0/s1. The van der Waals surface area contributed by atoms with Crippen LogP contribution in [-0.4, -0.2) is 87.0 Å². The van der Waals surface area contributed by atoms with Crippen LogP contribution < -0.4 is 0 Å². The van der Waals surface area contributed by atoms with Crippen LogP contribution in [0.4, 0.5) is 0 Å². The summed E-state index contributed by atoms with van der Waals surface area (Å²) >= 11 is 6.20. The van der Waals surface area contributed by atoms with Crippen LogP contribution in [-0.2, 0) is 39.0 Å². The van der Waals surface area contributed by atoms with Gasteiger partial charge in [-0.1, -0.05) is 74.2 Å². The van der Waals surface area contributed by atoms with Crippen LogP contribution in [0, 0.1) is 11.8 Å². The molecule has 0 radical (unpaired) electrons. The summed E-state index contributed by atoms with van der Waals surface area (Å²) in [5.74, 6) is 0.450. The molecule has 244 valence electrons. The summed E-state index contributed by atoms with van der Waals surface area (Å²) in [6, 6.07) is 15.0. The van der Waals surface area contributed by atoms with E-state index in [0.717, 1.165) is 49.2 Å². The van der Waals surface area contributed by atoms with Gasteiger partial charge >= 0.3 is 0 Å². The van der Waals surface area contributed by atoms with Crippen LogP contribution in [0.3, 0.4) is 0 Å². The number of fused-ring (bicyclic) bond motifs is 1. The molecular formula is C33H49ClN4O4S2. The number of hydrogen-bond donors (Lipinski definition) is 0. The zero-order valence-corrected chi connectivity index (χ0v) is 28.5. The monoisotopic (exact) mass is 664 g/mol. The molecule has 0 aromatic heterocycles. The molecule has 2 fully saturated rings. The van der Waals surface area contributed by atoms with E-state index in [0.29, 0.717) is 50.1 Å². The minimum atomic E-state index is -3.76. The zero-order chi connectivity index (χ0) is 31.2. The summed E-state index contributed by atoms with van der Waals surface area (Å²) in [7, 11) is -7.35. The lowest BCUT2D eigenvalue weighted by atomic mass is 9.89. The highest BCUT2D eigenvalue weighted by Gasteiger charge is 2.34. The highest BCUT2D eigenvalue weighted by Crippen LogP contribution is 2.28. The van der Waals surface area contributed by atoms with E-state index in [9.17, 15) is 16.8 Å². The fourth-order valence-electron chi connectivity index (χ4n) is 7.10. The summed E-state index contributed by atoms with van der Waals surface area (Å²) in [4.78, 5) is 2.47. The first kappa shape index (κ1) is 33.8. The Morgan fingerprint density at radius 2 is 1.43 bits per heavy atom. The normalized spacial score (nSPS) is 23.5. The number of rotatable bonds is 7. The van der Waals surface area contributed by atoms with E-state index in [1.54, 1.807) is 12.9 Å². The van der Waals surface area contributed by atoms with Gasteiger partial charge in [0, 0.05) is 50.8 Å². The Labute approximate surface area is 270 Å². The largest absolute Gasteiger partial charge is 0.303 e. The van der Waals surface area contributed by atoms with E-state index in [1.165, 1.54) is 32.1 Å². The van der Waals surface area contributed by atoms with Crippen LogP contribution in [0.5, 0.6) is 0 Å². The molecule has 11 heteroatoms. The van der Waals surface area contributed by atoms with Crippen molar-refractivity contribution in [3.05, 3.63) is 70.2 Å². The Hall–Kier alpha value is -1.53. The average Bonchev–Trinajstić information content (AvgIpc) is 2.99.